The van der Waals surface area contributed by atoms with E-state index in [1.807, 2.05) is 31.3 Å². The van der Waals surface area contributed by atoms with Crippen molar-refractivity contribution in [1.29, 1.82) is 0 Å². The number of benzene rings is 1. The van der Waals surface area contributed by atoms with Gasteiger partial charge >= 0.3 is 0 Å². The van der Waals surface area contributed by atoms with Crippen LogP contribution in [0, 0.1) is 0 Å². The van der Waals surface area contributed by atoms with Gasteiger partial charge in [-0.25, -0.2) is 13.1 Å². The highest BCUT2D eigenvalue weighted by atomic mass is 32.2. The van der Waals surface area contributed by atoms with E-state index in [2.05, 4.69) is 22.2 Å². The van der Waals surface area contributed by atoms with Gasteiger partial charge in [0.2, 0.25) is 10.0 Å². The summed E-state index contributed by atoms with van der Waals surface area (Å²) in [5, 5.41) is 3.03. The Morgan fingerprint density at radius 2 is 1.95 bits per heavy atom. The average Bonchev–Trinajstić information content (AvgIpc) is 3.04. The fraction of sp³-hybridized carbons (Fsp3) is 0.333. The zero-order valence-corrected chi connectivity index (χ0v) is 13.4. The molecule has 1 aliphatic rings. The first-order chi connectivity index (χ1) is 10.1. The summed E-state index contributed by atoms with van der Waals surface area (Å²) in [4.78, 5) is 1.02. The second-order valence-corrected chi connectivity index (χ2v) is 8.34. The largest absolute Gasteiger partial charge is 0.315 e. The van der Waals surface area contributed by atoms with Crippen molar-refractivity contribution in [2.75, 3.05) is 7.05 Å². The van der Waals surface area contributed by atoms with Gasteiger partial charge in [0.15, 0.2) is 0 Å². The number of hydrogen-bond donors (Lipinski definition) is 2. The minimum Gasteiger partial charge on any atom is -0.315 e. The van der Waals surface area contributed by atoms with Crippen LogP contribution in [0.1, 0.15) is 22.8 Å². The Hall–Kier alpha value is -1.21. The number of rotatable bonds is 6. The summed E-state index contributed by atoms with van der Waals surface area (Å²) >= 11 is 1.32. The highest BCUT2D eigenvalue weighted by Crippen LogP contribution is 2.41. The molecule has 2 N–H and O–H groups in total. The minimum absolute atomic E-state index is 0.0206. The second-order valence-electron chi connectivity index (χ2n) is 5.23. The van der Waals surface area contributed by atoms with Crippen molar-refractivity contribution >= 4 is 21.4 Å². The summed E-state index contributed by atoms with van der Waals surface area (Å²) in [7, 11) is -1.55. The molecule has 3 rings (SSSR count). The molecule has 4 nitrogen and oxygen atoms in total. The lowest BCUT2D eigenvalue weighted by molar-refractivity contribution is 0.582. The monoisotopic (exact) mass is 322 g/mol. The normalized spacial score (nSPS) is 21.4. The molecule has 2 aromatic rings. The first-order valence-electron chi connectivity index (χ1n) is 6.91. The molecule has 0 saturated heterocycles. The molecule has 1 aromatic heterocycles. The molecule has 1 saturated carbocycles. The lowest BCUT2D eigenvalue weighted by Crippen LogP contribution is -2.26. The van der Waals surface area contributed by atoms with Crippen LogP contribution in [0.3, 0.4) is 0 Å². The van der Waals surface area contributed by atoms with Crippen LogP contribution in [-0.2, 0) is 16.6 Å². The van der Waals surface area contributed by atoms with Crippen molar-refractivity contribution in [1.82, 2.24) is 10.0 Å². The van der Waals surface area contributed by atoms with E-state index >= 15 is 0 Å². The fourth-order valence-corrected chi connectivity index (χ4v) is 5.10. The van der Waals surface area contributed by atoms with E-state index in [-0.39, 0.29) is 6.04 Å². The SMILES string of the molecule is CNCc1ccc(S(=O)(=O)NC2CC2c2ccccc2)s1. The molecule has 1 heterocycles. The number of thiophene rings is 1. The van der Waals surface area contributed by atoms with Crippen LogP contribution in [0.5, 0.6) is 0 Å². The van der Waals surface area contributed by atoms with Crippen LogP contribution in [0.15, 0.2) is 46.7 Å². The van der Waals surface area contributed by atoms with E-state index in [1.54, 1.807) is 6.07 Å². The van der Waals surface area contributed by atoms with E-state index in [0.29, 0.717) is 16.7 Å². The van der Waals surface area contributed by atoms with E-state index in [1.165, 1.54) is 16.9 Å². The van der Waals surface area contributed by atoms with Gasteiger partial charge in [0.25, 0.3) is 0 Å². The van der Waals surface area contributed by atoms with Gasteiger partial charge < -0.3 is 5.32 Å². The summed E-state index contributed by atoms with van der Waals surface area (Å²) in [5.74, 6) is 0.303. The molecular weight excluding hydrogens is 304 g/mol. The number of sulfonamides is 1. The Kier molecular flexibility index (Phi) is 4.12. The Morgan fingerprint density at radius 3 is 2.67 bits per heavy atom. The maximum Gasteiger partial charge on any atom is 0.250 e. The van der Waals surface area contributed by atoms with Gasteiger partial charge in [0, 0.05) is 23.4 Å². The van der Waals surface area contributed by atoms with Gasteiger partial charge in [-0.2, -0.15) is 0 Å². The van der Waals surface area contributed by atoms with Crippen molar-refractivity contribution < 1.29 is 8.42 Å². The Labute approximate surface area is 129 Å². The van der Waals surface area contributed by atoms with Gasteiger partial charge in [0.05, 0.1) is 0 Å². The minimum atomic E-state index is -3.39. The average molecular weight is 322 g/mol. The lowest BCUT2D eigenvalue weighted by Gasteiger charge is -2.04. The van der Waals surface area contributed by atoms with Crippen LogP contribution in [0.25, 0.3) is 0 Å². The first-order valence-corrected chi connectivity index (χ1v) is 9.21. The van der Waals surface area contributed by atoms with Crippen molar-refractivity contribution in [3.63, 3.8) is 0 Å². The van der Waals surface area contributed by atoms with Crippen molar-refractivity contribution in [2.45, 2.75) is 29.1 Å². The standard InChI is InChI=1S/C15H18N2O2S2/c1-16-10-12-7-8-15(20-12)21(18,19)17-14-9-13(14)11-5-3-2-4-6-11/h2-8,13-14,16-17H,9-10H2,1H3. The van der Waals surface area contributed by atoms with Crippen molar-refractivity contribution in [3.05, 3.63) is 52.9 Å². The molecule has 21 heavy (non-hydrogen) atoms. The third-order valence-electron chi connectivity index (χ3n) is 3.58. The predicted octanol–water partition coefficient (Wildman–Crippen LogP) is 2.30. The Morgan fingerprint density at radius 1 is 1.19 bits per heavy atom. The fourth-order valence-electron chi connectivity index (χ4n) is 2.42. The molecule has 0 radical (unpaired) electrons. The lowest BCUT2D eigenvalue weighted by atomic mass is 10.1. The summed E-state index contributed by atoms with van der Waals surface area (Å²) in [6, 6.07) is 13.6. The summed E-state index contributed by atoms with van der Waals surface area (Å²) < 4.78 is 27.9. The van der Waals surface area contributed by atoms with Crippen molar-refractivity contribution in [2.24, 2.45) is 0 Å². The maximum atomic E-state index is 12.4. The van der Waals surface area contributed by atoms with Crippen LogP contribution < -0.4 is 10.0 Å². The highest BCUT2D eigenvalue weighted by Gasteiger charge is 2.41. The molecule has 1 fully saturated rings. The molecule has 6 heteroatoms. The first kappa shape index (κ1) is 14.7. The summed E-state index contributed by atoms with van der Waals surface area (Å²) in [6.45, 7) is 0.691. The molecular formula is C15H18N2O2S2. The number of hydrogen-bond acceptors (Lipinski definition) is 4. The Balaban J connectivity index is 1.67. The summed E-state index contributed by atoms with van der Waals surface area (Å²) in [6.07, 6.45) is 0.873. The van der Waals surface area contributed by atoms with Gasteiger partial charge in [-0.05, 0) is 31.2 Å². The maximum absolute atomic E-state index is 12.4. The zero-order valence-electron chi connectivity index (χ0n) is 11.7. The van der Waals surface area contributed by atoms with Crippen LogP contribution in [-0.4, -0.2) is 21.5 Å². The molecule has 0 spiro atoms. The number of nitrogens with one attached hydrogen (secondary N) is 2. The van der Waals surface area contributed by atoms with Gasteiger partial charge in [-0.15, -0.1) is 11.3 Å². The van der Waals surface area contributed by atoms with E-state index in [0.717, 1.165) is 11.3 Å². The molecule has 1 aliphatic carbocycles. The van der Waals surface area contributed by atoms with Crippen molar-refractivity contribution in [3.8, 4) is 0 Å². The highest BCUT2D eigenvalue weighted by molar-refractivity contribution is 7.91. The summed E-state index contributed by atoms with van der Waals surface area (Å²) in [5.41, 5.74) is 1.20. The third kappa shape index (κ3) is 3.35. The third-order valence-corrected chi connectivity index (χ3v) is 6.64. The molecule has 2 atom stereocenters. The van der Waals surface area contributed by atoms with Gasteiger partial charge in [0.1, 0.15) is 4.21 Å². The topological polar surface area (TPSA) is 58.2 Å². The van der Waals surface area contributed by atoms with Crippen LogP contribution in [0.2, 0.25) is 0 Å². The molecule has 0 aliphatic heterocycles. The molecule has 0 amide bonds. The van der Waals surface area contributed by atoms with E-state index in [9.17, 15) is 8.42 Å². The second kappa shape index (κ2) is 5.88. The quantitative estimate of drug-likeness (QED) is 0.858. The van der Waals surface area contributed by atoms with Crippen LogP contribution >= 0.6 is 11.3 Å². The molecule has 1 aromatic carbocycles. The smallest absolute Gasteiger partial charge is 0.250 e. The Bertz CT molecular complexity index is 710. The van der Waals surface area contributed by atoms with E-state index < -0.39 is 10.0 Å². The van der Waals surface area contributed by atoms with Gasteiger partial charge in [-0.3, -0.25) is 0 Å². The van der Waals surface area contributed by atoms with Crippen LogP contribution in [0.4, 0.5) is 0 Å². The molecule has 112 valence electrons. The molecule has 0 bridgehead atoms. The van der Waals surface area contributed by atoms with E-state index in [4.69, 9.17) is 0 Å². The predicted molar refractivity (Wildman–Crippen MR) is 85.0 cm³/mol. The van der Waals surface area contributed by atoms with Gasteiger partial charge in [-0.1, -0.05) is 30.3 Å². The molecule has 2 unspecified atom stereocenters. The zero-order chi connectivity index (χ0) is 14.9.